The minimum Gasteiger partial charge on any atom is -0.414 e. The normalized spacial score (nSPS) is 12.1. The summed E-state index contributed by atoms with van der Waals surface area (Å²) in [5.74, 6) is 0.952. The summed E-state index contributed by atoms with van der Waals surface area (Å²) in [5, 5.41) is 13.1. The number of nitrogens with one attached hydrogen (secondary N) is 2. The van der Waals surface area contributed by atoms with Crippen molar-refractivity contribution in [1.82, 2.24) is 10.2 Å². The van der Waals surface area contributed by atoms with Gasteiger partial charge in [0.2, 0.25) is 0 Å². The van der Waals surface area contributed by atoms with Crippen LogP contribution in [-0.2, 0) is 16.1 Å². The lowest BCUT2D eigenvalue weighted by molar-refractivity contribution is -0.907. The largest absolute Gasteiger partial charge is 0.414 e. The van der Waals surface area contributed by atoms with E-state index in [0.717, 1.165) is 21.0 Å². The molecule has 0 aliphatic rings. The SMILES string of the molecule is COCC[NH+](CC(=O)Nc1cccc(C)c1)Cc1nnc(-c2cccs2)o1. The van der Waals surface area contributed by atoms with Crippen molar-refractivity contribution in [2.45, 2.75) is 13.5 Å². The van der Waals surface area contributed by atoms with E-state index < -0.39 is 0 Å². The molecule has 2 heterocycles. The van der Waals surface area contributed by atoms with Crippen molar-refractivity contribution in [2.24, 2.45) is 0 Å². The van der Waals surface area contributed by atoms with Crippen LogP contribution in [0.15, 0.2) is 46.2 Å². The fourth-order valence-corrected chi connectivity index (χ4v) is 3.32. The third-order valence-corrected chi connectivity index (χ3v) is 4.83. The molecule has 2 aromatic heterocycles. The molecule has 27 heavy (non-hydrogen) atoms. The lowest BCUT2D eigenvalue weighted by Crippen LogP contribution is -3.12. The van der Waals surface area contributed by atoms with E-state index in [-0.39, 0.29) is 12.5 Å². The number of benzene rings is 1. The Labute approximate surface area is 162 Å². The number of hydrogen-bond acceptors (Lipinski definition) is 6. The zero-order valence-electron chi connectivity index (χ0n) is 15.4. The molecule has 1 atom stereocenters. The van der Waals surface area contributed by atoms with Gasteiger partial charge in [-0.1, -0.05) is 18.2 Å². The summed E-state index contributed by atoms with van der Waals surface area (Å²) in [6, 6.07) is 11.6. The number of methoxy groups -OCH3 is 1. The number of hydrogen-bond donors (Lipinski definition) is 2. The molecule has 0 radical (unpaired) electrons. The van der Waals surface area contributed by atoms with Crippen LogP contribution >= 0.6 is 11.3 Å². The van der Waals surface area contributed by atoms with Crippen LogP contribution < -0.4 is 10.2 Å². The number of nitrogens with zero attached hydrogens (tertiary/aromatic N) is 2. The summed E-state index contributed by atoms with van der Waals surface area (Å²) in [6.07, 6.45) is 0. The molecule has 0 spiro atoms. The van der Waals surface area contributed by atoms with Gasteiger partial charge < -0.3 is 19.4 Å². The predicted molar refractivity (Wildman–Crippen MR) is 104 cm³/mol. The molecular weight excluding hydrogens is 364 g/mol. The number of aromatic nitrogens is 2. The standard InChI is InChI=1S/C19H22N4O3S/c1-14-5-3-6-15(11-14)20-17(24)12-23(8-9-25-2)13-18-21-22-19(26-18)16-7-4-10-27-16/h3-7,10-11H,8-9,12-13H2,1-2H3,(H,20,24)/p+1. The van der Waals surface area contributed by atoms with E-state index in [1.165, 1.54) is 0 Å². The van der Waals surface area contributed by atoms with Crippen LogP contribution in [0.25, 0.3) is 10.8 Å². The molecule has 1 amide bonds. The molecule has 0 saturated carbocycles. The molecule has 142 valence electrons. The van der Waals surface area contributed by atoms with E-state index in [2.05, 4.69) is 15.5 Å². The van der Waals surface area contributed by atoms with E-state index in [4.69, 9.17) is 9.15 Å². The van der Waals surface area contributed by atoms with Crippen molar-refractivity contribution >= 4 is 22.9 Å². The molecular formula is C19H23N4O3S+. The molecule has 8 heteroatoms. The Morgan fingerprint density at radius 3 is 2.93 bits per heavy atom. The van der Waals surface area contributed by atoms with Crippen molar-refractivity contribution in [1.29, 1.82) is 0 Å². The topological polar surface area (TPSA) is 81.7 Å². The average Bonchev–Trinajstić information content (AvgIpc) is 3.31. The van der Waals surface area contributed by atoms with Crippen molar-refractivity contribution in [3.63, 3.8) is 0 Å². The van der Waals surface area contributed by atoms with Gasteiger partial charge in [-0.05, 0) is 36.1 Å². The molecule has 0 saturated heterocycles. The summed E-state index contributed by atoms with van der Waals surface area (Å²) in [4.78, 5) is 14.4. The molecule has 0 fully saturated rings. The van der Waals surface area contributed by atoms with Crippen molar-refractivity contribution in [3.8, 4) is 10.8 Å². The molecule has 0 aliphatic heterocycles. The first-order valence-corrected chi connectivity index (χ1v) is 9.57. The molecule has 2 N–H and O–H groups in total. The zero-order chi connectivity index (χ0) is 19.1. The van der Waals surface area contributed by atoms with Gasteiger partial charge in [0.15, 0.2) is 13.1 Å². The number of carbonyl (C=O) groups excluding carboxylic acids is 1. The highest BCUT2D eigenvalue weighted by Gasteiger charge is 2.19. The highest BCUT2D eigenvalue weighted by molar-refractivity contribution is 7.13. The molecule has 1 aromatic carbocycles. The summed E-state index contributed by atoms with van der Waals surface area (Å²) in [5.41, 5.74) is 1.90. The number of aryl methyl sites for hydroxylation is 1. The quantitative estimate of drug-likeness (QED) is 0.585. The third-order valence-electron chi connectivity index (χ3n) is 3.97. The van der Waals surface area contributed by atoms with Gasteiger partial charge in [0, 0.05) is 12.8 Å². The first-order chi connectivity index (χ1) is 13.1. The Balaban J connectivity index is 1.62. The minimum atomic E-state index is -0.0651. The second kappa shape index (κ2) is 9.40. The smallest absolute Gasteiger partial charge is 0.279 e. The number of quaternary nitrogens is 1. The summed E-state index contributed by atoms with van der Waals surface area (Å²) < 4.78 is 10.9. The molecule has 0 aliphatic carbocycles. The zero-order valence-corrected chi connectivity index (χ0v) is 16.2. The van der Waals surface area contributed by atoms with Gasteiger partial charge in [-0.2, -0.15) is 0 Å². The Morgan fingerprint density at radius 2 is 2.19 bits per heavy atom. The molecule has 0 bridgehead atoms. The highest BCUT2D eigenvalue weighted by atomic mass is 32.1. The summed E-state index contributed by atoms with van der Waals surface area (Å²) >= 11 is 1.55. The lowest BCUT2D eigenvalue weighted by Gasteiger charge is -2.17. The Hall–Kier alpha value is -2.55. The maximum atomic E-state index is 12.4. The molecule has 3 rings (SSSR count). The number of carbonyl (C=O) groups is 1. The van der Waals surface area contributed by atoms with Crippen LogP contribution in [0.2, 0.25) is 0 Å². The Bertz CT molecular complexity index is 863. The molecule has 1 unspecified atom stereocenters. The van der Waals surface area contributed by atoms with E-state index in [1.807, 2.05) is 48.7 Å². The fraction of sp³-hybridized carbons (Fsp3) is 0.316. The second-order valence-corrected chi connectivity index (χ2v) is 7.19. The van der Waals surface area contributed by atoms with Gasteiger partial charge in [0.05, 0.1) is 11.5 Å². The Morgan fingerprint density at radius 1 is 1.30 bits per heavy atom. The van der Waals surface area contributed by atoms with Crippen LogP contribution in [0, 0.1) is 6.92 Å². The van der Waals surface area contributed by atoms with E-state index >= 15 is 0 Å². The van der Waals surface area contributed by atoms with Crippen molar-refractivity contribution in [2.75, 3.05) is 32.1 Å². The maximum Gasteiger partial charge on any atom is 0.279 e. The van der Waals surface area contributed by atoms with Gasteiger partial charge in [0.25, 0.3) is 17.7 Å². The highest BCUT2D eigenvalue weighted by Crippen LogP contribution is 2.22. The first kappa shape index (κ1) is 19.2. The average molecular weight is 387 g/mol. The van der Waals surface area contributed by atoms with E-state index in [0.29, 0.717) is 31.5 Å². The maximum absolute atomic E-state index is 12.4. The van der Waals surface area contributed by atoms with Crippen LogP contribution in [-0.4, -0.2) is 42.9 Å². The van der Waals surface area contributed by atoms with Crippen LogP contribution in [0.3, 0.4) is 0 Å². The van der Waals surface area contributed by atoms with Crippen molar-refractivity contribution in [3.05, 3.63) is 53.2 Å². The minimum absolute atomic E-state index is 0.0651. The van der Waals surface area contributed by atoms with Crippen LogP contribution in [0.4, 0.5) is 5.69 Å². The number of anilines is 1. The molecule has 3 aromatic rings. The summed E-state index contributed by atoms with van der Waals surface area (Å²) in [6.45, 7) is 3.94. The lowest BCUT2D eigenvalue weighted by atomic mass is 10.2. The van der Waals surface area contributed by atoms with Crippen molar-refractivity contribution < 1.29 is 18.8 Å². The Kier molecular flexibility index (Phi) is 6.69. The number of ether oxygens (including phenoxy) is 1. The number of rotatable bonds is 9. The van der Waals surface area contributed by atoms with Gasteiger partial charge in [0.1, 0.15) is 6.54 Å². The van der Waals surface area contributed by atoms with E-state index in [9.17, 15) is 4.79 Å². The first-order valence-electron chi connectivity index (χ1n) is 8.69. The molecule has 7 nitrogen and oxygen atoms in total. The van der Waals surface area contributed by atoms with Gasteiger partial charge in [-0.25, -0.2) is 0 Å². The van der Waals surface area contributed by atoms with Crippen LogP contribution in [0.1, 0.15) is 11.5 Å². The second-order valence-electron chi connectivity index (χ2n) is 6.24. The number of amides is 1. The van der Waals surface area contributed by atoms with Gasteiger partial charge >= 0.3 is 0 Å². The number of thiophene rings is 1. The predicted octanol–water partition coefficient (Wildman–Crippen LogP) is 1.78. The monoisotopic (exact) mass is 387 g/mol. The fourth-order valence-electron chi connectivity index (χ4n) is 2.68. The van der Waals surface area contributed by atoms with Gasteiger partial charge in [-0.15, -0.1) is 21.5 Å². The van der Waals surface area contributed by atoms with E-state index in [1.54, 1.807) is 18.4 Å². The van der Waals surface area contributed by atoms with Gasteiger partial charge in [-0.3, -0.25) is 4.79 Å². The summed E-state index contributed by atoms with van der Waals surface area (Å²) in [7, 11) is 1.64. The third kappa shape index (κ3) is 5.72. The van der Waals surface area contributed by atoms with Crippen LogP contribution in [0.5, 0.6) is 0 Å².